The molecule has 0 saturated heterocycles. The number of aryl methyl sites for hydroxylation is 2. The summed E-state index contributed by atoms with van der Waals surface area (Å²) >= 11 is 0. The number of hydrogen-bond acceptors (Lipinski definition) is 5. The van der Waals surface area contributed by atoms with Gasteiger partial charge in [-0.05, 0) is 48.2 Å². The van der Waals surface area contributed by atoms with Crippen molar-refractivity contribution in [2.75, 3.05) is 21.3 Å². The second-order valence-electron chi connectivity index (χ2n) is 6.36. The normalized spacial score (nSPS) is 16.4. The molecule has 0 radical (unpaired) electrons. The fraction of sp³-hybridized carbons (Fsp3) is 0.318. The monoisotopic (exact) mass is 368 g/mol. The Morgan fingerprint density at radius 1 is 0.815 bits per heavy atom. The van der Waals surface area contributed by atoms with Gasteiger partial charge >= 0.3 is 0 Å². The molecule has 2 aliphatic rings. The van der Waals surface area contributed by atoms with Crippen LogP contribution in [0.25, 0.3) is 0 Å². The number of hydrogen-bond donors (Lipinski definition) is 0. The number of fused-ring (bicyclic) bond motifs is 7. The summed E-state index contributed by atoms with van der Waals surface area (Å²) < 4.78 is 22.4. The molecule has 2 aromatic rings. The second kappa shape index (κ2) is 8.62. The van der Waals surface area contributed by atoms with E-state index in [4.69, 9.17) is 18.9 Å². The third kappa shape index (κ3) is 4.61. The fourth-order valence-electron chi connectivity index (χ4n) is 3.08. The van der Waals surface area contributed by atoms with Crippen LogP contribution in [0, 0.1) is 0 Å². The third-order valence-corrected chi connectivity index (χ3v) is 4.56. The Balaban J connectivity index is 2.03. The highest BCUT2D eigenvalue weighted by Crippen LogP contribution is 2.41. The van der Waals surface area contributed by atoms with Crippen molar-refractivity contribution in [2.45, 2.75) is 25.7 Å². The summed E-state index contributed by atoms with van der Waals surface area (Å²) in [4.78, 5) is 12.3. The van der Waals surface area contributed by atoms with Crippen LogP contribution < -0.4 is 14.2 Å². The Bertz CT molecular complexity index is 837. The number of carbonyl (C=O) groups excluding carboxylic acids is 1. The Morgan fingerprint density at radius 2 is 1.56 bits per heavy atom. The standard InChI is InChI=1S/C22H24O5/c1-24-19-11-7-15-5-9-18(10-6-15)27-21-13-16(4-8-17(23)14-19)12-20(25-2)22(21)26-3/h5-6,9-10,12-14H,4,7-8,11H2,1-3H3/b19-14-. The minimum absolute atomic E-state index is 0.0359. The molecular formula is C22H24O5. The smallest absolute Gasteiger partial charge is 0.203 e. The van der Waals surface area contributed by atoms with Crippen LogP contribution in [0.3, 0.4) is 0 Å². The highest BCUT2D eigenvalue weighted by atomic mass is 16.5. The maximum Gasteiger partial charge on any atom is 0.203 e. The lowest BCUT2D eigenvalue weighted by Gasteiger charge is -2.15. The lowest BCUT2D eigenvalue weighted by atomic mass is 10.0. The number of carbonyl (C=O) groups is 1. The van der Waals surface area contributed by atoms with E-state index in [0.29, 0.717) is 48.0 Å². The summed E-state index contributed by atoms with van der Waals surface area (Å²) in [6, 6.07) is 11.6. The minimum Gasteiger partial charge on any atom is -0.501 e. The molecule has 2 aliphatic heterocycles. The molecule has 0 amide bonds. The first-order valence-corrected chi connectivity index (χ1v) is 8.92. The van der Waals surface area contributed by atoms with E-state index >= 15 is 0 Å². The zero-order chi connectivity index (χ0) is 19.2. The van der Waals surface area contributed by atoms with Crippen molar-refractivity contribution in [2.24, 2.45) is 0 Å². The molecule has 0 saturated carbocycles. The molecule has 2 heterocycles. The Hall–Kier alpha value is -2.95. The van der Waals surface area contributed by atoms with Gasteiger partial charge in [-0.2, -0.15) is 0 Å². The molecule has 0 unspecified atom stereocenters. The number of rotatable bonds is 3. The third-order valence-electron chi connectivity index (χ3n) is 4.56. The molecule has 0 atom stereocenters. The maximum absolute atomic E-state index is 12.3. The summed E-state index contributed by atoms with van der Waals surface area (Å²) in [5, 5.41) is 0. The molecule has 0 fully saturated rings. The highest BCUT2D eigenvalue weighted by Gasteiger charge is 2.16. The predicted molar refractivity (Wildman–Crippen MR) is 103 cm³/mol. The van der Waals surface area contributed by atoms with Gasteiger partial charge in [0.05, 0.1) is 27.1 Å². The van der Waals surface area contributed by atoms with Crippen molar-refractivity contribution in [1.82, 2.24) is 0 Å². The van der Waals surface area contributed by atoms with Crippen LogP contribution in [0.1, 0.15) is 24.0 Å². The van der Waals surface area contributed by atoms with Gasteiger partial charge in [0.2, 0.25) is 5.75 Å². The van der Waals surface area contributed by atoms with Gasteiger partial charge in [-0.25, -0.2) is 0 Å². The molecule has 5 heteroatoms. The maximum atomic E-state index is 12.3. The van der Waals surface area contributed by atoms with E-state index in [1.54, 1.807) is 27.4 Å². The van der Waals surface area contributed by atoms with Crippen molar-refractivity contribution in [1.29, 1.82) is 0 Å². The SMILES string of the molecule is CO/C1=C\C(=O)CCc2cc(OC)c(OC)c(c2)Oc2ccc(cc2)CC1. The minimum atomic E-state index is 0.0359. The largest absolute Gasteiger partial charge is 0.501 e. The van der Waals surface area contributed by atoms with Gasteiger partial charge in [0.25, 0.3) is 0 Å². The molecule has 5 nitrogen and oxygen atoms in total. The van der Waals surface area contributed by atoms with E-state index in [-0.39, 0.29) is 5.78 Å². The topological polar surface area (TPSA) is 54.0 Å². The van der Waals surface area contributed by atoms with Crippen molar-refractivity contribution >= 4 is 5.78 Å². The average molecular weight is 368 g/mol. The first kappa shape index (κ1) is 18.8. The molecule has 142 valence electrons. The second-order valence-corrected chi connectivity index (χ2v) is 6.36. The molecule has 0 aliphatic carbocycles. The van der Waals surface area contributed by atoms with Crippen molar-refractivity contribution in [3.8, 4) is 23.0 Å². The predicted octanol–water partition coefficient (Wildman–Crippen LogP) is 4.47. The molecule has 4 bridgehead atoms. The van der Waals surface area contributed by atoms with Gasteiger partial charge < -0.3 is 18.9 Å². The lowest BCUT2D eigenvalue weighted by molar-refractivity contribution is -0.114. The van der Waals surface area contributed by atoms with E-state index in [2.05, 4.69) is 0 Å². The molecule has 0 spiro atoms. The van der Waals surface area contributed by atoms with E-state index in [0.717, 1.165) is 17.5 Å². The van der Waals surface area contributed by atoms with Gasteiger partial charge in [0.15, 0.2) is 17.3 Å². The molecular weight excluding hydrogens is 344 g/mol. The summed E-state index contributed by atoms with van der Waals surface area (Å²) in [5.74, 6) is 3.12. The molecule has 2 aromatic carbocycles. The number of allylic oxidation sites excluding steroid dienone is 2. The first-order valence-electron chi connectivity index (χ1n) is 8.92. The molecule has 27 heavy (non-hydrogen) atoms. The van der Waals surface area contributed by atoms with E-state index in [1.165, 1.54) is 0 Å². The molecule has 4 rings (SSSR count). The first-order chi connectivity index (χ1) is 13.1. The summed E-state index contributed by atoms with van der Waals surface area (Å²) in [5.41, 5.74) is 2.08. The van der Waals surface area contributed by atoms with E-state index in [1.807, 2.05) is 36.4 Å². The number of methoxy groups -OCH3 is 3. The quantitative estimate of drug-likeness (QED) is 0.800. The van der Waals surface area contributed by atoms with E-state index < -0.39 is 0 Å². The van der Waals surface area contributed by atoms with Gasteiger partial charge in [-0.3, -0.25) is 4.79 Å². The Kier molecular flexibility index (Phi) is 6.01. The van der Waals surface area contributed by atoms with Gasteiger partial charge in [-0.1, -0.05) is 12.1 Å². The summed E-state index contributed by atoms with van der Waals surface area (Å²) in [6.45, 7) is 0. The van der Waals surface area contributed by atoms with Crippen LogP contribution in [0.2, 0.25) is 0 Å². The van der Waals surface area contributed by atoms with Gasteiger partial charge in [-0.15, -0.1) is 0 Å². The number of ketones is 1. The van der Waals surface area contributed by atoms with Crippen LogP contribution in [0.15, 0.2) is 48.2 Å². The van der Waals surface area contributed by atoms with Gasteiger partial charge in [0.1, 0.15) is 5.75 Å². The van der Waals surface area contributed by atoms with Crippen LogP contribution in [0.5, 0.6) is 23.0 Å². The van der Waals surface area contributed by atoms with Crippen LogP contribution >= 0.6 is 0 Å². The molecule has 0 aromatic heterocycles. The zero-order valence-corrected chi connectivity index (χ0v) is 15.9. The van der Waals surface area contributed by atoms with Crippen molar-refractivity contribution in [3.05, 3.63) is 59.4 Å². The fourth-order valence-corrected chi connectivity index (χ4v) is 3.08. The van der Waals surface area contributed by atoms with Gasteiger partial charge in [0, 0.05) is 18.9 Å². The summed E-state index contributed by atoms with van der Waals surface area (Å²) in [7, 11) is 4.77. The van der Waals surface area contributed by atoms with Crippen molar-refractivity contribution in [3.63, 3.8) is 0 Å². The van der Waals surface area contributed by atoms with Crippen LogP contribution in [-0.2, 0) is 22.4 Å². The summed E-state index contributed by atoms with van der Waals surface area (Å²) in [6.07, 6.45) is 4.02. The average Bonchev–Trinajstić information content (AvgIpc) is 2.70. The van der Waals surface area contributed by atoms with Crippen LogP contribution in [-0.4, -0.2) is 27.1 Å². The number of ether oxygens (including phenoxy) is 4. The number of benzene rings is 2. The van der Waals surface area contributed by atoms with Crippen molar-refractivity contribution < 1.29 is 23.7 Å². The lowest BCUT2D eigenvalue weighted by Crippen LogP contribution is -2.01. The Morgan fingerprint density at radius 3 is 2.22 bits per heavy atom. The zero-order valence-electron chi connectivity index (χ0n) is 15.9. The molecule has 0 N–H and O–H groups in total. The van der Waals surface area contributed by atoms with Crippen LogP contribution in [0.4, 0.5) is 0 Å². The van der Waals surface area contributed by atoms with E-state index in [9.17, 15) is 4.79 Å². The highest BCUT2D eigenvalue weighted by molar-refractivity contribution is 5.90. The Labute approximate surface area is 159 Å².